The van der Waals surface area contributed by atoms with E-state index in [0.29, 0.717) is 16.9 Å². The Balaban J connectivity index is 1.38. The summed E-state index contributed by atoms with van der Waals surface area (Å²) in [5, 5.41) is 2.88. The normalized spacial score (nSPS) is 18.5. The van der Waals surface area contributed by atoms with Gasteiger partial charge >= 0.3 is 0 Å². The predicted octanol–water partition coefficient (Wildman–Crippen LogP) is 4.35. The minimum Gasteiger partial charge on any atom is -0.372 e. The van der Waals surface area contributed by atoms with Crippen LogP contribution in [0.15, 0.2) is 83.8 Å². The van der Waals surface area contributed by atoms with E-state index < -0.39 is 10.0 Å². The number of benzene rings is 3. The van der Waals surface area contributed by atoms with Crippen LogP contribution in [0.2, 0.25) is 0 Å². The number of amides is 1. The van der Waals surface area contributed by atoms with Gasteiger partial charge in [0.25, 0.3) is 15.9 Å². The second-order valence-corrected chi connectivity index (χ2v) is 9.84. The molecule has 0 aliphatic carbocycles. The second kappa shape index (κ2) is 9.64. The van der Waals surface area contributed by atoms with Crippen LogP contribution in [0.5, 0.6) is 0 Å². The first-order valence-electron chi connectivity index (χ1n) is 10.8. The van der Waals surface area contributed by atoms with Gasteiger partial charge in [-0.05, 0) is 74.5 Å². The number of sulfonamides is 1. The van der Waals surface area contributed by atoms with E-state index in [9.17, 15) is 13.2 Å². The van der Waals surface area contributed by atoms with Crippen LogP contribution in [0, 0.1) is 0 Å². The van der Waals surface area contributed by atoms with Gasteiger partial charge in [0.2, 0.25) is 0 Å². The highest BCUT2D eigenvalue weighted by atomic mass is 32.2. The molecule has 0 spiro atoms. The first kappa shape index (κ1) is 22.8. The molecule has 4 rings (SSSR count). The van der Waals surface area contributed by atoms with Gasteiger partial charge in [-0.2, -0.15) is 0 Å². The number of hydrogen-bond acceptors (Lipinski definition) is 5. The third-order valence-electron chi connectivity index (χ3n) is 5.36. The minimum atomic E-state index is -3.68. The Bertz CT molecular complexity index is 1190. The Morgan fingerprint density at radius 3 is 2.03 bits per heavy atom. The number of ether oxygens (including phenoxy) is 1. The Kier molecular flexibility index (Phi) is 6.67. The lowest BCUT2D eigenvalue weighted by molar-refractivity contribution is -0.00521. The molecule has 8 heteroatoms. The molecule has 2 atom stereocenters. The van der Waals surface area contributed by atoms with E-state index >= 15 is 0 Å². The number of nitrogens with one attached hydrogen (secondary N) is 2. The Labute approximate surface area is 194 Å². The van der Waals surface area contributed by atoms with E-state index in [4.69, 9.17) is 4.74 Å². The van der Waals surface area contributed by atoms with Crippen molar-refractivity contribution in [2.24, 2.45) is 0 Å². The zero-order valence-electron chi connectivity index (χ0n) is 18.6. The van der Waals surface area contributed by atoms with Gasteiger partial charge in [0.15, 0.2) is 0 Å². The fourth-order valence-corrected chi connectivity index (χ4v) is 4.93. The maximum atomic E-state index is 12.6. The van der Waals surface area contributed by atoms with Gasteiger partial charge in [0.05, 0.1) is 17.1 Å². The summed E-state index contributed by atoms with van der Waals surface area (Å²) in [6.45, 7) is 5.79. The van der Waals surface area contributed by atoms with Crippen LogP contribution in [0.25, 0.3) is 0 Å². The van der Waals surface area contributed by atoms with Crippen LogP contribution in [0.3, 0.4) is 0 Å². The van der Waals surface area contributed by atoms with E-state index in [1.807, 2.05) is 24.3 Å². The van der Waals surface area contributed by atoms with Crippen LogP contribution in [0.4, 0.5) is 17.1 Å². The number of morpholine rings is 1. The molecular formula is C25H27N3O4S. The molecule has 1 amide bonds. The molecule has 1 aliphatic rings. The molecule has 2 unspecified atom stereocenters. The van der Waals surface area contributed by atoms with Crippen LogP contribution in [0.1, 0.15) is 24.2 Å². The molecule has 1 fully saturated rings. The van der Waals surface area contributed by atoms with Crippen molar-refractivity contribution >= 4 is 33.0 Å². The summed E-state index contributed by atoms with van der Waals surface area (Å²) < 4.78 is 33.2. The van der Waals surface area contributed by atoms with Crippen molar-refractivity contribution in [1.29, 1.82) is 0 Å². The van der Waals surface area contributed by atoms with Gasteiger partial charge in [-0.25, -0.2) is 8.42 Å². The van der Waals surface area contributed by atoms with E-state index in [2.05, 4.69) is 28.8 Å². The summed E-state index contributed by atoms with van der Waals surface area (Å²) in [6.07, 6.45) is 0.349. The van der Waals surface area contributed by atoms with E-state index in [1.165, 1.54) is 12.1 Å². The molecule has 0 saturated carbocycles. The molecular weight excluding hydrogens is 438 g/mol. The van der Waals surface area contributed by atoms with Crippen molar-refractivity contribution in [1.82, 2.24) is 0 Å². The molecule has 3 aromatic carbocycles. The summed E-state index contributed by atoms with van der Waals surface area (Å²) in [5.41, 5.74) is 2.59. The van der Waals surface area contributed by atoms with Crippen molar-refractivity contribution in [3.05, 3.63) is 84.4 Å². The maximum absolute atomic E-state index is 12.6. The SMILES string of the molecule is CC1CN(c2ccc(NC(=O)c3ccc(NS(=O)(=O)c4ccccc4)cc3)cc2)CC(C)O1. The standard InChI is InChI=1S/C25H27N3O4S/c1-18-16-28(17-19(2)32-18)23-14-12-21(13-15-23)26-25(29)20-8-10-22(11-9-20)27-33(30,31)24-6-4-3-5-7-24/h3-15,18-19,27H,16-17H2,1-2H3,(H,26,29). The van der Waals surface area contributed by atoms with Crippen LogP contribution < -0.4 is 14.9 Å². The van der Waals surface area contributed by atoms with Crippen LogP contribution >= 0.6 is 0 Å². The third kappa shape index (κ3) is 5.71. The highest BCUT2D eigenvalue weighted by molar-refractivity contribution is 7.92. The van der Waals surface area contributed by atoms with Gasteiger partial charge in [-0.1, -0.05) is 18.2 Å². The van der Waals surface area contributed by atoms with Gasteiger partial charge in [0.1, 0.15) is 0 Å². The quantitative estimate of drug-likeness (QED) is 0.565. The van der Waals surface area contributed by atoms with Gasteiger partial charge in [0, 0.05) is 35.7 Å². The Morgan fingerprint density at radius 2 is 1.42 bits per heavy atom. The van der Waals surface area contributed by atoms with Crippen LogP contribution in [-0.2, 0) is 14.8 Å². The molecule has 33 heavy (non-hydrogen) atoms. The highest BCUT2D eigenvalue weighted by Crippen LogP contribution is 2.23. The van der Waals surface area contributed by atoms with Crippen LogP contribution in [-0.4, -0.2) is 39.6 Å². The highest BCUT2D eigenvalue weighted by Gasteiger charge is 2.22. The maximum Gasteiger partial charge on any atom is 0.261 e. The lowest BCUT2D eigenvalue weighted by Crippen LogP contribution is -2.45. The summed E-state index contributed by atoms with van der Waals surface area (Å²) in [4.78, 5) is 15.1. The van der Waals surface area contributed by atoms with Gasteiger partial charge in [-0.3, -0.25) is 9.52 Å². The second-order valence-electron chi connectivity index (χ2n) is 8.16. The van der Waals surface area contributed by atoms with Crippen molar-refractivity contribution in [3.8, 4) is 0 Å². The van der Waals surface area contributed by atoms with Gasteiger partial charge < -0.3 is 15.0 Å². The summed E-state index contributed by atoms with van der Waals surface area (Å²) in [5.74, 6) is -0.270. The zero-order chi connectivity index (χ0) is 23.4. The lowest BCUT2D eigenvalue weighted by Gasteiger charge is -2.36. The Hall–Kier alpha value is -3.36. The molecule has 2 N–H and O–H groups in total. The monoisotopic (exact) mass is 465 g/mol. The fraction of sp³-hybridized carbons (Fsp3) is 0.240. The number of rotatable bonds is 6. The average molecular weight is 466 g/mol. The third-order valence-corrected chi connectivity index (χ3v) is 6.76. The largest absolute Gasteiger partial charge is 0.372 e. The number of anilines is 3. The van der Waals surface area contributed by atoms with Crippen molar-refractivity contribution in [2.75, 3.05) is 28.0 Å². The number of nitrogens with zero attached hydrogens (tertiary/aromatic N) is 1. The Morgan fingerprint density at radius 1 is 0.848 bits per heavy atom. The first-order chi connectivity index (χ1) is 15.8. The molecule has 1 heterocycles. The average Bonchev–Trinajstić information content (AvgIpc) is 2.80. The van der Waals surface area contributed by atoms with Gasteiger partial charge in [-0.15, -0.1) is 0 Å². The van der Waals surface area contributed by atoms with E-state index in [-0.39, 0.29) is 23.0 Å². The topological polar surface area (TPSA) is 87.7 Å². The zero-order valence-corrected chi connectivity index (χ0v) is 19.4. The molecule has 7 nitrogen and oxygen atoms in total. The summed E-state index contributed by atoms with van der Waals surface area (Å²) >= 11 is 0. The molecule has 1 saturated heterocycles. The van der Waals surface area contributed by atoms with E-state index in [0.717, 1.165) is 18.8 Å². The lowest BCUT2D eigenvalue weighted by atomic mass is 10.1. The van der Waals surface area contributed by atoms with E-state index in [1.54, 1.807) is 42.5 Å². The molecule has 0 aromatic heterocycles. The molecule has 1 aliphatic heterocycles. The predicted molar refractivity (Wildman–Crippen MR) is 130 cm³/mol. The van der Waals surface area contributed by atoms with Crippen molar-refractivity contribution in [2.45, 2.75) is 31.0 Å². The number of carbonyl (C=O) groups is 1. The molecule has 0 bridgehead atoms. The minimum absolute atomic E-state index is 0.174. The molecule has 172 valence electrons. The first-order valence-corrected chi connectivity index (χ1v) is 12.3. The smallest absolute Gasteiger partial charge is 0.261 e. The molecule has 3 aromatic rings. The summed E-state index contributed by atoms with van der Waals surface area (Å²) in [6, 6.07) is 22.2. The van der Waals surface area contributed by atoms with Crippen molar-refractivity contribution < 1.29 is 17.9 Å². The number of hydrogen-bond donors (Lipinski definition) is 2. The number of carbonyl (C=O) groups excluding carboxylic acids is 1. The summed E-state index contributed by atoms with van der Waals surface area (Å²) in [7, 11) is -3.68. The fourth-order valence-electron chi connectivity index (χ4n) is 3.85. The molecule has 0 radical (unpaired) electrons. The van der Waals surface area contributed by atoms with Crippen molar-refractivity contribution in [3.63, 3.8) is 0 Å².